The van der Waals surface area contributed by atoms with Crippen LogP contribution in [0.3, 0.4) is 0 Å². The van der Waals surface area contributed by atoms with Crippen LogP contribution in [0, 0.1) is 0 Å². The number of rotatable bonds is 4. The highest BCUT2D eigenvalue weighted by Crippen LogP contribution is 2.38. The van der Waals surface area contributed by atoms with Crippen LogP contribution < -0.4 is 14.4 Å². The molecule has 0 radical (unpaired) electrons. The summed E-state index contributed by atoms with van der Waals surface area (Å²) >= 11 is 24.0. The Morgan fingerprint density at radius 2 is 1.59 bits per heavy atom. The van der Waals surface area contributed by atoms with Crippen LogP contribution in [0.5, 0.6) is 5.75 Å². The highest BCUT2D eigenvalue weighted by molar-refractivity contribution is 7.92. The summed E-state index contributed by atoms with van der Waals surface area (Å²) < 4.78 is 33.7. The van der Waals surface area contributed by atoms with Gasteiger partial charge in [-0.05, 0) is 48.5 Å². The summed E-state index contributed by atoms with van der Waals surface area (Å²) in [7, 11) is -4.00. The maximum absolute atomic E-state index is 13.4. The average Bonchev–Trinajstić information content (AvgIpc) is 2.77. The molecule has 166 valence electrons. The van der Waals surface area contributed by atoms with Crippen LogP contribution >= 0.6 is 46.4 Å². The van der Waals surface area contributed by atoms with Crippen molar-refractivity contribution in [2.24, 2.45) is 0 Å². The quantitative estimate of drug-likeness (QED) is 0.425. The van der Waals surface area contributed by atoms with Crippen molar-refractivity contribution in [1.29, 1.82) is 0 Å². The van der Waals surface area contributed by atoms with Gasteiger partial charge in [-0.25, -0.2) is 8.42 Å². The van der Waals surface area contributed by atoms with E-state index in [0.717, 1.165) is 4.31 Å². The predicted molar refractivity (Wildman–Crippen MR) is 127 cm³/mol. The molecule has 1 heterocycles. The molecule has 11 heteroatoms. The normalized spacial score (nSPS) is 15.6. The molecule has 1 aliphatic rings. The summed E-state index contributed by atoms with van der Waals surface area (Å²) in [6.45, 7) is -0.257. The number of para-hydroxylation sites is 2. The van der Waals surface area contributed by atoms with E-state index in [1.165, 1.54) is 36.4 Å². The average molecular weight is 532 g/mol. The summed E-state index contributed by atoms with van der Waals surface area (Å²) in [5, 5.41) is 3.64. The standard InChI is InChI=1S/C21H14Cl4N2O4S/c22-12-5-7-13(8-6-12)32(29,30)27-11-20(31-19-4-2-1-3-18(19)27)21(28)26-17-10-15(24)14(23)9-16(17)25/h1-10,20H,11H2,(H,26,28)/t20-/m0/s1. The van der Waals surface area contributed by atoms with Crippen LogP contribution in [0.4, 0.5) is 11.4 Å². The molecule has 6 nitrogen and oxygen atoms in total. The number of fused-ring (bicyclic) bond motifs is 1. The second-order valence-electron chi connectivity index (χ2n) is 6.80. The van der Waals surface area contributed by atoms with Gasteiger partial charge < -0.3 is 10.1 Å². The predicted octanol–water partition coefficient (Wildman–Crippen LogP) is 5.90. The van der Waals surface area contributed by atoms with Gasteiger partial charge in [-0.3, -0.25) is 9.10 Å². The Morgan fingerprint density at radius 1 is 0.938 bits per heavy atom. The SMILES string of the molecule is O=C(Nc1cc(Cl)c(Cl)cc1Cl)[C@@H]1CN(S(=O)(=O)c2ccc(Cl)cc2)c2ccccc2O1. The Bertz CT molecular complexity index is 1300. The first-order chi connectivity index (χ1) is 15.2. The maximum Gasteiger partial charge on any atom is 0.267 e. The number of nitrogens with zero attached hydrogens (tertiary/aromatic N) is 1. The van der Waals surface area contributed by atoms with Crippen LogP contribution in [0.1, 0.15) is 0 Å². The number of amides is 1. The molecule has 1 N–H and O–H groups in total. The monoisotopic (exact) mass is 530 g/mol. The Morgan fingerprint density at radius 3 is 2.31 bits per heavy atom. The first-order valence-electron chi connectivity index (χ1n) is 9.16. The number of hydrogen-bond donors (Lipinski definition) is 1. The van der Waals surface area contributed by atoms with Gasteiger partial charge in [-0.2, -0.15) is 0 Å². The molecule has 0 aliphatic carbocycles. The molecule has 0 spiro atoms. The topological polar surface area (TPSA) is 75.7 Å². The van der Waals surface area contributed by atoms with Gasteiger partial charge in [-0.1, -0.05) is 58.5 Å². The van der Waals surface area contributed by atoms with E-state index in [4.69, 9.17) is 51.1 Å². The van der Waals surface area contributed by atoms with E-state index in [0.29, 0.717) is 10.7 Å². The molecule has 4 rings (SSSR count). The van der Waals surface area contributed by atoms with E-state index in [1.807, 2.05) is 0 Å². The van der Waals surface area contributed by atoms with Gasteiger partial charge in [0.15, 0.2) is 6.10 Å². The summed E-state index contributed by atoms with van der Waals surface area (Å²) in [6.07, 6.45) is -1.16. The zero-order chi connectivity index (χ0) is 23.0. The van der Waals surface area contributed by atoms with Gasteiger partial charge in [0.2, 0.25) is 0 Å². The largest absolute Gasteiger partial charge is 0.476 e. The van der Waals surface area contributed by atoms with Gasteiger partial charge >= 0.3 is 0 Å². The summed E-state index contributed by atoms with van der Waals surface area (Å²) in [5.41, 5.74) is 0.541. The number of halogens is 4. The third-order valence-corrected chi connectivity index (χ3v) is 7.78. The van der Waals surface area contributed by atoms with Crippen LogP contribution in [-0.4, -0.2) is 27.0 Å². The number of ether oxygens (including phenoxy) is 1. The second-order valence-corrected chi connectivity index (χ2v) is 10.3. The third-order valence-electron chi connectivity index (χ3n) is 4.70. The zero-order valence-corrected chi connectivity index (χ0v) is 19.9. The number of carbonyl (C=O) groups excluding carboxylic acids is 1. The number of hydrogen-bond acceptors (Lipinski definition) is 4. The van der Waals surface area contributed by atoms with Crippen molar-refractivity contribution in [1.82, 2.24) is 0 Å². The fourth-order valence-electron chi connectivity index (χ4n) is 3.13. The third kappa shape index (κ3) is 4.49. The lowest BCUT2D eigenvalue weighted by Gasteiger charge is -2.34. The minimum Gasteiger partial charge on any atom is -0.476 e. The Balaban J connectivity index is 1.67. The molecule has 0 saturated heterocycles. The Labute approximate surface area is 204 Å². The van der Waals surface area contributed by atoms with Gasteiger partial charge in [0.05, 0.1) is 37.9 Å². The molecular weight excluding hydrogens is 518 g/mol. The van der Waals surface area contributed by atoms with E-state index >= 15 is 0 Å². The molecule has 0 bridgehead atoms. The van der Waals surface area contributed by atoms with E-state index in [2.05, 4.69) is 5.32 Å². The lowest BCUT2D eigenvalue weighted by atomic mass is 10.2. The fraction of sp³-hybridized carbons (Fsp3) is 0.0952. The zero-order valence-electron chi connectivity index (χ0n) is 16.1. The molecule has 0 fully saturated rings. The molecule has 1 aliphatic heterocycles. The van der Waals surface area contributed by atoms with Crippen molar-refractivity contribution in [2.45, 2.75) is 11.0 Å². The molecule has 1 amide bonds. The van der Waals surface area contributed by atoms with Crippen LogP contribution in [0.25, 0.3) is 0 Å². The van der Waals surface area contributed by atoms with Crippen LogP contribution in [0.2, 0.25) is 20.1 Å². The lowest BCUT2D eigenvalue weighted by molar-refractivity contribution is -0.122. The molecule has 1 atom stereocenters. The Hall–Kier alpha value is -2.16. The summed E-state index contributed by atoms with van der Waals surface area (Å²) in [4.78, 5) is 13.0. The fourth-order valence-corrected chi connectivity index (χ4v) is 5.33. The van der Waals surface area contributed by atoms with Crippen molar-refractivity contribution in [2.75, 3.05) is 16.2 Å². The highest BCUT2D eigenvalue weighted by Gasteiger charge is 2.37. The molecule has 0 unspecified atom stereocenters. The maximum atomic E-state index is 13.4. The molecule has 0 saturated carbocycles. The summed E-state index contributed by atoms with van der Waals surface area (Å²) in [6, 6.07) is 15.1. The van der Waals surface area contributed by atoms with Crippen molar-refractivity contribution in [3.63, 3.8) is 0 Å². The van der Waals surface area contributed by atoms with E-state index < -0.39 is 22.0 Å². The molecule has 0 aromatic heterocycles. The van der Waals surface area contributed by atoms with Crippen molar-refractivity contribution < 1.29 is 17.9 Å². The lowest BCUT2D eigenvalue weighted by Crippen LogP contribution is -2.48. The van der Waals surface area contributed by atoms with Gasteiger partial charge in [0, 0.05) is 5.02 Å². The van der Waals surface area contributed by atoms with Gasteiger partial charge in [-0.15, -0.1) is 0 Å². The van der Waals surface area contributed by atoms with E-state index in [9.17, 15) is 13.2 Å². The van der Waals surface area contributed by atoms with Crippen molar-refractivity contribution in [3.05, 3.63) is 80.8 Å². The van der Waals surface area contributed by atoms with Gasteiger partial charge in [0.1, 0.15) is 5.75 Å². The first kappa shape index (κ1) is 23.0. The number of nitrogens with one attached hydrogen (secondary N) is 1. The number of anilines is 2. The smallest absolute Gasteiger partial charge is 0.267 e. The van der Waals surface area contributed by atoms with E-state index in [1.54, 1.807) is 24.3 Å². The molecule has 32 heavy (non-hydrogen) atoms. The van der Waals surface area contributed by atoms with Crippen molar-refractivity contribution >= 4 is 73.7 Å². The van der Waals surface area contributed by atoms with Crippen molar-refractivity contribution in [3.8, 4) is 5.75 Å². The number of sulfonamides is 1. The Kier molecular flexibility index (Phi) is 6.47. The van der Waals surface area contributed by atoms with Crippen LogP contribution in [0.15, 0.2) is 65.6 Å². The van der Waals surface area contributed by atoms with Gasteiger partial charge in [0.25, 0.3) is 15.9 Å². The van der Waals surface area contributed by atoms with E-state index in [-0.39, 0.29) is 37.9 Å². The van der Waals surface area contributed by atoms with Crippen LogP contribution in [-0.2, 0) is 14.8 Å². The minimum absolute atomic E-state index is 0.0327. The number of carbonyl (C=O) groups is 1. The number of benzene rings is 3. The molecule has 3 aromatic carbocycles. The minimum atomic E-state index is -4.00. The molecule has 3 aromatic rings. The summed E-state index contributed by atoms with van der Waals surface area (Å²) in [5.74, 6) is -0.354. The highest BCUT2D eigenvalue weighted by atomic mass is 35.5. The molecular formula is C21H14Cl4N2O4S. The first-order valence-corrected chi connectivity index (χ1v) is 12.1. The second kappa shape index (κ2) is 9.00.